The summed E-state index contributed by atoms with van der Waals surface area (Å²) in [7, 11) is 1.62. The van der Waals surface area contributed by atoms with E-state index in [4.69, 9.17) is 4.74 Å². The topological polar surface area (TPSA) is 70.1 Å². The van der Waals surface area contributed by atoms with Gasteiger partial charge in [-0.05, 0) is 31.9 Å². The monoisotopic (exact) mass is 320 g/mol. The van der Waals surface area contributed by atoms with Crippen molar-refractivity contribution in [2.75, 3.05) is 7.11 Å². The SMILES string of the molecule is COc1ncnn2ccc(-c3cnc4nc(C)n(C5CC5)c4c3)c12. The van der Waals surface area contributed by atoms with Crippen molar-refractivity contribution in [2.45, 2.75) is 25.8 Å². The molecule has 0 radical (unpaired) electrons. The molecule has 1 aliphatic carbocycles. The number of nitrogens with zero attached hydrogens (tertiary/aromatic N) is 6. The number of aromatic nitrogens is 6. The zero-order valence-corrected chi connectivity index (χ0v) is 13.5. The molecule has 0 aromatic carbocycles. The number of ether oxygens (including phenoxy) is 1. The average molecular weight is 320 g/mol. The predicted molar refractivity (Wildman–Crippen MR) is 89.1 cm³/mol. The minimum atomic E-state index is 0.553. The van der Waals surface area contributed by atoms with Gasteiger partial charge in [-0.15, -0.1) is 0 Å². The highest BCUT2D eigenvalue weighted by Crippen LogP contribution is 2.39. The third-order valence-corrected chi connectivity index (χ3v) is 4.56. The van der Waals surface area contributed by atoms with Crippen LogP contribution in [0.15, 0.2) is 30.9 Å². The van der Waals surface area contributed by atoms with Gasteiger partial charge in [0, 0.05) is 29.6 Å². The lowest BCUT2D eigenvalue weighted by Crippen LogP contribution is -1.97. The second kappa shape index (κ2) is 4.77. The summed E-state index contributed by atoms with van der Waals surface area (Å²) in [6.45, 7) is 2.05. The van der Waals surface area contributed by atoms with Crippen molar-refractivity contribution in [1.29, 1.82) is 0 Å². The van der Waals surface area contributed by atoms with Gasteiger partial charge in [0.15, 0.2) is 5.65 Å². The van der Waals surface area contributed by atoms with Crippen molar-refractivity contribution < 1.29 is 4.74 Å². The lowest BCUT2D eigenvalue weighted by molar-refractivity contribution is 0.399. The minimum Gasteiger partial charge on any atom is -0.479 e. The lowest BCUT2D eigenvalue weighted by Gasteiger charge is -2.06. The maximum absolute atomic E-state index is 5.40. The van der Waals surface area contributed by atoms with Crippen molar-refractivity contribution in [3.63, 3.8) is 0 Å². The zero-order chi connectivity index (χ0) is 16.3. The number of rotatable bonds is 3. The largest absolute Gasteiger partial charge is 0.479 e. The van der Waals surface area contributed by atoms with Crippen molar-refractivity contribution in [3.05, 3.63) is 36.7 Å². The van der Waals surface area contributed by atoms with Crippen LogP contribution in [0.2, 0.25) is 0 Å². The predicted octanol–water partition coefficient (Wildman–Crippen LogP) is 2.79. The zero-order valence-electron chi connectivity index (χ0n) is 13.5. The van der Waals surface area contributed by atoms with Crippen LogP contribution in [0, 0.1) is 6.92 Å². The molecule has 24 heavy (non-hydrogen) atoms. The molecule has 4 heterocycles. The Morgan fingerprint density at radius 2 is 2.12 bits per heavy atom. The summed E-state index contributed by atoms with van der Waals surface area (Å²) in [5, 5.41) is 4.25. The lowest BCUT2D eigenvalue weighted by atomic mass is 10.1. The fraction of sp³-hybridized carbons (Fsp3) is 0.294. The van der Waals surface area contributed by atoms with Gasteiger partial charge >= 0.3 is 0 Å². The summed E-state index contributed by atoms with van der Waals surface area (Å²) < 4.78 is 9.48. The van der Waals surface area contributed by atoms with E-state index in [1.165, 1.54) is 19.2 Å². The first-order valence-corrected chi connectivity index (χ1v) is 7.97. The van der Waals surface area contributed by atoms with Crippen molar-refractivity contribution in [2.24, 2.45) is 0 Å². The van der Waals surface area contributed by atoms with E-state index in [1.807, 2.05) is 25.4 Å². The van der Waals surface area contributed by atoms with Gasteiger partial charge in [-0.1, -0.05) is 0 Å². The summed E-state index contributed by atoms with van der Waals surface area (Å²) in [5.74, 6) is 1.58. The van der Waals surface area contributed by atoms with Crippen LogP contribution in [0.4, 0.5) is 0 Å². The molecule has 7 heteroatoms. The van der Waals surface area contributed by atoms with Gasteiger partial charge in [0.05, 0.1) is 12.6 Å². The number of hydrogen-bond donors (Lipinski definition) is 0. The smallest absolute Gasteiger partial charge is 0.241 e. The van der Waals surface area contributed by atoms with E-state index in [0.29, 0.717) is 11.9 Å². The molecule has 1 fully saturated rings. The van der Waals surface area contributed by atoms with Crippen molar-refractivity contribution in [1.82, 2.24) is 29.1 Å². The van der Waals surface area contributed by atoms with Crippen LogP contribution >= 0.6 is 0 Å². The molecule has 0 amide bonds. The van der Waals surface area contributed by atoms with Crippen LogP contribution in [0.1, 0.15) is 24.7 Å². The van der Waals surface area contributed by atoms with Crippen LogP contribution in [-0.4, -0.2) is 36.2 Å². The third-order valence-electron chi connectivity index (χ3n) is 4.56. The Labute approximate surface area is 137 Å². The Morgan fingerprint density at radius 3 is 2.92 bits per heavy atom. The molecular formula is C17H16N6O. The van der Waals surface area contributed by atoms with Crippen LogP contribution in [0.3, 0.4) is 0 Å². The van der Waals surface area contributed by atoms with E-state index in [-0.39, 0.29) is 0 Å². The Hall–Kier alpha value is -2.96. The number of imidazole rings is 1. The molecule has 0 saturated heterocycles. The Balaban J connectivity index is 1.76. The maximum Gasteiger partial charge on any atom is 0.241 e. The molecule has 4 aromatic heterocycles. The van der Waals surface area contributed by atoms with E-state index in [2.05, 4.69) is 30.7 Å². The summed E-state index contributed by atoms with van der Waals surface area (Å²) in [4.78, 5) is 13.4. The summed E-state index contributed by atoms with van der Waals surface area (Å²) in [6.07, 6.45) is 7.68. The highest BCUT2D eigenvalue weighted by Gasteiger charge is 2.27. The first kappa shape index (κ1) is 13.5. The first-order valence-electron chi connectivity index (χ1n) is 7.97. The first-order chi connectivity index (χ1) is 11.8. The van der Waals surface area contributed by atoms with E-state index in [1.54, 1.807) is 11.6 Å². The van der Waals surface area contributed by atoms with Crippen molar-refractivity contribution in [3.8, 4) is 17.0 Å². The van der Waals surface area contributed by atoms with Crippen LogP contribution < -0.4 is 4.74 Å². The number of pyridine rings is 1. The Kier molecular flexibility index (Phi) is 2.68. The molecule has 5 rings (SSSR count). The molecule has 120 valence electrons. The fourth-order valence-electron chi connectivity index (χ4n) is 3.34. The number of aryl methyl sites for hydroxylation is 1. The highest BCUT2D eigenvalue weighted by molar-refractivity contribution is 5.88. The van der Waals surface area contributed by atoms with Crippen molar-refractivity contribution >= 4 is 16.7 Å². The molecule has 0 aliphatic heterocycles. The number of hydrogen-bond acceptors (Lipinski definition) is 5. The molecule has 0 bridgehead atoms. The maximum atomic E-state index is 5.40. The quantitative estimate of drug-likeness (QED) is 0.580. The van der Waals surface area contributed by atoms with E-state index in [9.17, 15) is 0 Å². The summed E-state index contributed by atoms with van der Waals surface area (Å²) in [6, 6.07) is 4.73. The van der Waals surface area contributed by atoms with E-state index < -0.39 is 0 Å². The van der Waals surface area contributed by atoms with Gasteiger partial charge in [0.1, 0.15) is 17.7 Å². The van der Waals surface area contributed by atoms with Crippen LogP contribution in [0.5, 0.6) is 5.88 Å². The molecule has 7 nitrogen and oxygen atoms in total. The number of methoxy groups -OCH3 is 1. The molecule has 0 N–H and O–H groups in total. The van der Waals surface area contributed by atoms with Gasteiger partial charge in [-0.3, -0.25) is 0 Å². The van der Waals surface area contributed by atoms with Gasteiger partial charge < -0.3 is 9.30 Å². The van der Waals surface area contributed by atoms with Gasteiger partial charge in [-0.25, -0.2) is 14.5 Å². The molecule has 4 aromatic rings. The van der Waals surface area contributed by atoms with E-state index >= 15 is 0 Å². The van der Waals surface area contributed by atoms with Gasteiger partial charge in [-0.2, -0.15) is 10.1 Å². The molecular weight excluding hydrogens is 304 g/mol. The van der Waals surface area contributed by atoms with Gasteiger partial charge in [0.25, 0.3) is 0 Å². The average Bonchev–Trinajstić information content (AvgIpc) is 3.24. The normalized spacial score (nSPS) is 14.6. The molecule has 1 saturated carbocycles. The van der Waals surface area contributed by atoms with E-state index in [0.717, 1.165) is 33.6 Å². The van der Waals surface area contributed by atoms with Crippen LogP contribution in [-0.2, 0) is 0 Å². The van der Waals surface area contributed by atoms with Gasteiger partial charge in [0.2, 0.25) is 5.88 Å². The second-order valence-corrected chi connectivity index (χ2v) is 6.12. The molecule has 1 aliphatic rings. The fourth-order valence-corrected chi connectivity index (χ4v) is 3.34. The molecule has 0 spiro atoms. The Bertz CT molecular complexity index is 1080. The number of fused-ring (bicyclic) bond motifs is 2. The Morgan fingerprint density at radius 1 is 1.25 bits per heavy atom. The highest BCUT2D eigenvalue weighted by atomic mass is 16.5. The minimum absolute atomic E-state index is 0.553. The summed E-state index contributed by atoms with van der Waals surface area (Å²) >= 11 is 0. The standard InChI is InChI=1S/C17H16N6O/c1-10-21-16-14(23(10)12-3-4-12)7-11(8-18-16)13-5-6-22-15(13)17(24-2)19-9-20-22/h5-9,12H,3-4H2,1-2H3. The van der Waals surface area contributed by atoms with Crippen LogP contribution in [0.25, 0.3) is 27.8 Å². The second-order valence-electron chi connectivity index (χ2n) is 6.12. The molecule has 0 atom stereocenters. The summed E-state index contributed by atoms with van der Waals surface area (Å²) in [5.41, 5.74) is 4.75. The third kappa shape index (κ3) is 1.84. The molecule has 0 unspecified atom stereocenters.